The van der Waals surface area contributed by atoms with Gasteiger partial charge in [0, 0.05) is 17.0 Å². The zero-order valence-corrected chi connectivity index (χ0v) is 12.3. The lowest BCUT2D eigenvalue weighted by Crippen LogP contribution is -1.94. The number of ether oxygens (including phenoxy) is 1. The van der Waals surface area contributed by atoms with E-state index < -0.39 is 0 Å². The molecular formula is C15H12Cl2N2O. The summed E-state index contributed by atoms with van der Waals surface area (Å²) in [6.07, 6.45) is 0. The first-order chi connectivity index (χ1) is 9.54. The first-order valence-electron chi connectivity index (χ1n) is 6.11. The first-order valence-corrected chi connectivity index (χ1v) is 6.87. The zero-order chi connectivity index (χ0) is 14.3. The Bertz CT molecular complexity index is 703. The molecule has 0 unspecified atom stereocenters. The third kappa shape index (κ3) is 2.35. The summed E-state index contributed by atoms with van der Waals surface area (Å²) in [4.78, 5) is 4.39. The molecule has 0 fully saturated rings. The molecule has 1 aliphatic heterocycles. The number of fused-ring (bicyclic) bond motifs is 1. The average molecular weight is 307 g/mol. The van der Waals surface area contributed by atoms with Gasteiger partial charge in [-0.05, 0) is 36.8 Å². The Morgan fingerprint density at radius 3 is 2.55 bits per heavy atom. The summed E-state index contributed by atoms with van der Waals surface area (Å²) in [5, 5.41) is 0.779. The van der Waals surface area contributed by atoms with E-state index in [9.17, 15) is 0 Å². The first kappa shape index (κ1) is 13.3. The maximum absolute atomic E-state index is 6.12. The van der Waals surface area contributed by atoms with Gasteiger partial charge >= 0.3 is 0 Å². The highest BCUT2D eigenvalue weighted by atomic mass is 35.5. The van der Waals surface area contributed by atoms with Gasteiger partial charge in [-0.2, -0.15) is 0 Å². The molecule has 1 heterocycles. The Kier molecular flexibility index (Phi) is 3.32. The van der Waals surface area contributed by atoms with Gasteiger partial charge < -0.3 is 10.5 Å². The van der Waals surface area contributed by atoms with Crippen molar-refractivity contribution in [2.24, 2.45) is 4.99 Å². The number of rotatable bonds is 2. The average Bonchev–Trinajstić information content (AvgIpc) is 2.75. The van der Waals surface area contributed by atoms with Gasteiger partial charge in [-0.15, -0.1) is 0 Å². The fourth-order valence-corrected chi connectivity index (χ4v) is 2.76. The van der Waals surface area contributed by atoms with Crippen LogP contribution in [0.1, 0.15) is 18.1 Å². The van der Waals surface area contributed by atoms with Crippen LogP contribution in [0.25, 0.3) is 0 Å². The SMILES string of the molecule is CC1=NCc2ccc(Oc3c(Cl)cc(N)cc3Cl)cc21. The lowest BCUT2D eigenvalue weighted by molar-refractivity contribution is 0.483. The Morgan fingerprint density at radius 2 is 1.85 bits per heavy atom. The number of nitrogen functional groups attached to an aromatic ring is 1. The highest BCUT2D eigenvalue weighted by Gasteiger charge is 2.15. The van der Waals surface area contributed by atoms with E-state index in [1.54, 1.807) is 12.1 Å². The van der Waals surface area contributed by atoms with Crippen LogP contribution >= 0.6 is 23.2 Å². The highest BCUT2D eigenvalue weighted by Crippen LogP contribution is 2.38. The second-order valence-corrected chi connectivity index (χ2v) is 5.45. The minimum absolute atomic E-state index is 0.390. The van der Waals surface area contributed by atoms with Gasteiger partial charge in [0.1, 0.15) is 5.75 Å². The van der Waals surface area contributed by atoms with E-state index >= 15 is 0 Å². The van der Waals surface area contributed by atoms with Gasteiger partial charge in [-0.1, -0.05) is 29.3 Å². The molecule has 102 valence electrons. The van der Waals surface area contributed by atoms with Gasteiger partial charge in [-0.3, -0.25) is 4.99 Å². The number of benzene rings is 2. The van der Waals surface area contributed by atoms with Gasteiger partial charge in [0.15, 0.2) is 5.75 Å². The molecule has 2 N–H and O–H groups in total. The van der Waals surface area contributed by atoms with Crippen molar-refractivity contribution < 1.29 is 4.74 Å². The van der Waals surface area contributed by atoms with Crippen molar-refractivity contribution in [3.63, 3.8) is 0 Å². The highest BCUT2D eigenvalue weighted by molar-refractivity contribution is 6.37. The van der Waals surface area contributed by atoms with Crippen molar-refractivity contribution in [2.45, 2.75) is 13.5 Å². The Hall–Kier alpha value is -1.71. The molecule has 0 spiro atoms. The molecule has 0 bridgehead atoms. The van der Waals surface area contributed by atoms with E-state index in [0.29, 0.717) is 27.2 Å². The van der Waals surface area contributed by atoms with Gasteiger partial charge in [-0.25, -0.2) is 0 Å². The molecule has 0 aliphatic carbocycles. The molecular weight excluding hydrogens is 295 g/mol. The van der Waals surface area contributed by atoms with Crippen LogP contribution in [0, 0.1) is 0 Å². The summed E-state index contributed by atoms with van der Waals surface area (Å²) in [5.41, 5.74) is 9.49. The van der Waals surface area contributed by atoms with E-state index in [1.165, 1.54) is 5.56 Å². The fraction of sp³-hybridized carbons (Fsp3) is 0.133. The Balaban J connectivity index is 1.97. The number of nitrogens with zero attached hydrogens (tertiary/aromatic N) is 1. The van der Waals surface area contributed by atoms with Gasteiger partial charge in [0.25, 0.3) is 0 Å². The van der Waals surface area contributed by atoms with Gasteiger partial charge in [0.05, 0.1) is 16.6 Å². The van der Waals surface area contributed by atoms with Crippen molar-refractivity contribution in [2.75, 3.05) is 5.73 Å². The molecule has 0 radical (unpaired) electrons. The summed E-state index contributed by atoms with van der Waals surface area (Å²) in [7, 11) is 0. The fourth-order valence-electron chi connectivity index (χ4n) is 2.18. The largest absolute Gasteiger partial charge is 0.454 e. The molecule has 0 aromatic heterocycles. The van der Waals surface area contributed by atoms with Crippen LogP contribution in [0.4, 0.5) is 5.69 Å². The second kappa shape index (κ2) is 5.00. The molecule has 0 amide bonds. The van der Waals surface area contributed by atoms with Crippen LogP contribution < -0.4 is 10.5 Å². The molecule has 2 aromatic rings. The normalized spacial score (nSPS) is 13.1. The lowest BCUT2D eigenvalue weighted by Gasteiger charge is -2.11. The molecule has 2 aromatic carbocycles. The molecule has 0 atom stereocenters. The van der Waals surface area contributed by atoms with E-state index in [2.05, 4.69) is 4.99 Å². The second-order valence-electron chi connectivity index (χ2n) is 4.64. The van der Waals surface area contributed by atoms with E-state index in [-0.39, 0.29) is 0 Å². The summed E-state index contributed by atoms with van der Waals surface area (Å²) in [6, 6.07) is 9.07. The number of halogens is 2. The van der Waals surface area contributed by atoms with E-state index in [0.717, 1.165) is 17.8 Å². The topological polar surface area (TPSA) is 47.6 Å². The summed E-state index contributed by atoms with van der Waals surface area (Å²) in [6.45, 7) is 2.71. The maximum atomic E-state index is 6.12. The van der Waals surface area contributed by atoms with Crippen LogP contribution in [0.3, 0.4) is 0 Å². The lowest BCUT2D eigenvalue weighted by atomic mass is 10.1. The predicted molar refractivity (Wildman–Crippen MR) is 83.3 cm³/mol. The van der Waals surface area contributed by atoms with Crippen LogP contribution in [-0.2, 0) is 6.54 Å². The third-order valence-corrected chi connectivity index (χ3v) is 3.76. The number of anilines is 1. The summed E-state index contributed by atoms with van der Waals surface area (Å²) < 4.78 is 5.79. The third-order valence-electron chi connectivity index (χ3n) is 3.20. The zero-order valence-electron chi connectivity index (χ0n) is 10.8. The standard InChI is InChI=1S/C15H12Cl2N2O/c1-8-12-6-11(3-2-9(12)7-19-8)20-15-13(16)4-10(18)5-14(15)17/h2-6H,7,18H2,1H3. The number of nitrogens with two attached hydrogens (primary N) is 1. The van der Waals surface area contributed by atoms with Gasteiger partial charge in [0.2, 0.25) is 0 Å². The summed E-state index contributed by atoms with van der Waals surface area (Å²) >= 11 is 12.2. The quantitative estimate of drug-likeness (QED) is 0.818. The van der Waals surface area contributed by atoms with Crippen LogP contribution in [0.2, 0.25) is 10.0 Å². The minimum atomic E-state index is 0.390. The number of hydrogen-bond acceptors (Lipinski definition) is 3. The van der Waals surface area contributed by atoms with Crippen molar-refractivity contribution >= 4 is 34.6 Å². The molecule has 3 rings (SSSR count). The molecule has 5 heteroatoms. The van der Waals surface area contributed by atoms with Crippen LogP contribution in [-0.4, -0.2) is 5.71 Å². The molecule has 20 heavy (non-hydrogen) atoms. The molecule has 1 aliphatic rings. The smallest absolute Gasteiger partial charge is 0.164 e. The van der Waals surface area contributed by atoms with Crippen molar-refractivity contribution in [3.8, 4) is 11.5 Å². The van der Waals surface area contributed by atoms with Crippen molar-refractivity contribution in [3.05, 3.63) is 51.5 Å². The minimum Gasteiger partial charge on any atom is -0.454 e. The van der Waals surface area contributed by atoms with Crippen molar-refractivity contribution in [1.29, 1.82) is 0 Å². The Morgan fingerprint density at radius 1 is 1.15 bits per heavy atom. The molecule has 3 nitrogen and oxygen atoms in total. The maximum Gasteiger partial charge on any atom is 0.164 e. The molecule has 0 saturated heterocycles. The monoisotopic (exact) mass is 306 g/mol. The Labute approximate surface area is 127 Å². The van der Waals surface area contributed by atoms with Crippen molar-refractivity contribution in [1.82, 2.24) is 0 Å². The predicted octanol–water partition coefficient (Wildman–Crippen LogP) is 4.69. The van der Waals surface area contributed by atoms with Crippen LogP contribution in [0.5, 0.6) is 11.5 Å². The van der Waals surface area contributed by atoms with E-state index in [1.807, 2.05) is 25.1 Å². The molecule has 0 saturated carbocycles. The number of aliphatic imine (C=N–C) groups is 1. The summed E-state index contributed by atoms with van der Waals surface area (Å²) in [5.74, 6) is 1.09. The van der Waals surface area contributed by atoms with Crippen LogP contribution in [0.15, 0.2) is 35.3 Å². The van der Waals surface area contributed by atoms with E-state index in [4.69, 9.17) is 33.7 Å². The number of hydrogen-bond donors (Lipinski definition) is 1.